The molecule has 0 aliphatic heterocycles. The van der Waals surface area contributed by atoms with Crippen LogP contribution in [0, 0.1) is 0 Å². The van der Waals surface area contributed by atoms with E-state index in [-0.39, 0.29) is 6.54 Å². The first-order valence-electron chi connectivity index (χ1n) is 7.00. The van der Waals surface area contributed by atoms with Gasteiger partial charge < -0.3 is 14.5 Å². The molecule has 1 aromatic carbocycles. The highest BCUT2D eigenvalue weighted by Crippen LogP contribution is 2.34. The quantitative estimate of drug-likeness (QED) is 0.283. The summed E-state index contributed by atoms with van der Waals surface area (Å²) in [5, 5.41) is 4.63. The van der Waals surface area contributed by atoms with E-state index in [2.05, 4.69) is 15.0 Å². The standard InChI is InChI=1S/C15H15ClN4O4/c1-23-14(21)12(15(22)24-2)13-8(6-7-18-20-17)11-9(16)4-3-5-10(11)19-13/h3-5,12,19H,6-7H2,1-2H3. The molecule has 0 aliphatic carbocycles. The van der Waals surface area contributed by atoms with Crippen LogP contribution in [0.4, 0.5) is 0 Å². The second-order valence-electron chi connectivity index (χ2n) is 4.86. The van der Waals surface area contributed by atoms with E-state index in [1.807, 2.05) is 0 Å². The Bertz CT molecular complexity index is 810. The number of esters is 2. The minimum Gasteiger partial charge on any atom is -0.468 e. The predicted octanol–water partition coefficient (Wildman–Crippen LogP) is 3.10. The van der Waals surface area contributed by atoms with Gasteiger partial charge >= 0.3 is 11.9 Å². The number of H-pyrrole nitrogens is 1. The fourth-order valence-corrected chi connectivity index (χ4v) is 2.86. The summed E-state index contributed by atoms with van der Waals surface area (Å²) in [6, 6.07) is 5.21. The Kier molecular flexibility index (Phi) is 5.68. The minimum absolute atomic E-state index is 0.150. The van der Waals surface area contributed by atoms with E-state index in [1.165, 1.54) is 14.2 Å². The van der Waals surface area contributed by atoms with Gasteiger partial charge in [0.05, 0.1) is 19.2 Å². The topological polar surface area (TPSA) is 117 Å². The summed E-state index contributed by atoms with van der Waals surface area (Å²) in [4.78, 5) is 30.0. The fraction of sp³-hybridized carbons (Fsp3) is 0.333. The van der Waals surface area contributed by atoms with Crippen molar-refractivity contribution >= 4 is 34.4 Å². The molecule has 0 atom stereocenters. The van der Waals surface area contributed by atoms with Crippen LogP contribution in [0.2, 0.25) is 5.02 Å². The lowest BCUT2D eigenvalue weighted by atomic mass is 9.98. The number of nitrogens with zero attached hydrogens (tertiary/aromatic N) is 3. The maximum Gasteiger partial charge on any atom is 0.326 e. The molecule has 1 heterocycles. The molecular weight excluding hydrogens is 336 g/mol. The van der Waals surface area contributed by atoms with Crippen molar-refractivity contribution < 1.29 is 19.1 Å². The number of azide groups is 1. The molecule has 0 spiro atoms. The molecule has 2 rings (SSSR count). The summed E-state index contributed by atoms with van der Waals surface area (Å²) in [5.41, 5.74) is 10.1. The van der Waals surface area contributed by atoms with Gasteiger partial charge in [0.15, 0.2) is 5.92 Å². The van der Waals surface area contributed by atoms with Gasteiger partial charge in [-0.3, -0.25) is 9.59 Å². The van der Waals surface area contributed by atoms with Gasteiger partial charge in [0.25, 0.3) is 0 Å². The number of hydrogen-bond acceptors (Lipinski definition) is 5. The number of hydrogen-bond donors (Lipinski definition) is 1. The summed E-state index contributed by atoms with van der Waals surface area (Å²) in [7, 11) is 2.38. The number of ether oxygens (including phenoxy) is 2. The zero-order chi connectivity index (χ0) is 17.7. The van der Waals surface area contributed by atoms with Crippen LogP contribution in [0.25, 0.3) is 21.3 Å². The molecule has 0 radical (unpaired) electrons. The Balaban J connectivity index is 2.68. The molecule has 8 nitrogen and oxygen atoms in total. The van der Waals surface area contributed by atoms with E-state index in [4.69, 9.17) is 26.6 Å². The molecule has 9 heteroatoms. The normalized spacial score (nSPS) is 10.5. The molecule has 126 valence electrons. The zero-order valence-corrected chi connectivity index (χ0v) is 13.8. The first-order chi connectivity index (χ1) is 11.5. The van der Waals surface area contributed by atoms with Crippen LogP contribution >= 0.6 is 11.6 Å². The number of carbonyl (C=O) groups excluding carboxylic acids is 2. The number of benzene rings is 1. The Hall–Kier alpha value is -2.70. The number of carbonyl (C=O) groups is 2. The van der Waals surface area contributed by atoms with E-state index < -0.39 is 17.9 Å². The van der Waals surface area contributed by atoms with Gasteiger partial charge in [0.1, 0.15) is 0 Å². The molecule has 0 saturated carbocycles. The highest BCUT2D eigenvalue weighted by molar-refractivity contribution is 6.35. The Morgan fingerprint density at radius 1 is 1.33 bits per heavy atom. The molecule has 0 aliphatic rings. The average Bonchev–Trinajstić information content (AvgIpc) is 2.94. The van der Waals surface area contributed by atoms with Crippen LogP contribution in [0.5, 0.6) is 0 Å². The monoisotopic (exact) mass is 350 g/mol. The molecule has 0 amide bonds. The Labute approximate surface area is 142 Å². The molecule has 0 fully saturated rings. The van der Waals surface area contributed by atoms with Crippen LogP contribution in [-0.4, -0.2) is 37.7 Å². The summed E-state index contributed by atoms with van der Waals surface area (Å²) in [6.07, 6.45) is 0.299. The van der Waals surface area contributed by atoms with Gasteiger partial charge in [-0.05, 0) is 29.6 Å². The largest absolute Gasteiger partial charge is 0.468 e. The van der Waals surface area contributed by atoms with Crippen LogP contribution in [-0.2, 0) is 25.5 Å². The predicted molar refractivity (Wildman–Crippen MR) is 87.8 cm³/mol. The highest BCUT2D eigenvalue weighted by Gasteiger charge is 2.35. The SMILES string of the molecule is COC(=O)C(C(=O)OC)c1[nH]c2cccc(Cl)c2c1CCN=[N+]=[N-]. The molecule has 1 aromatic heterocycles. The van der Waals surface area contributed by atoms with Gasteiger partial charge in [-0.2, -0.15) is 0 Å². The number of aromatic amines is 1. The molecular formula is C15H15ClN4O4. The third-order valence-electron chi connectivity index (χ3n) is 3.60. The fourth-order valence-electron chi connectivity index (χ4n) is 2.57. The minimum atomic E-state index is -1.27. The number of aromatic nitrogens is 1. The van der Waals surface area contributed by atoms with Crippen molar-refractivity contribution in [3.63, 3.8) is 0 Å². The summed E-state index contributed by atoms with van der Waals surface area (Å²) in [5.74, 6) is -2.78. The highest BCUT2D eigenvalue weighted by atomic mass is 35.5. The van der Waals surface area contributed by atoms with Gasteiger partial charge in [0.2, 0.25) is 0 Å². The molecule has 24 heavy (non-hydrogen) atoms. The van der Waals surface area contributed by atoms with Crippen molar-refractivity contribution in [2.75, 3.05) is 20.8 Å². The third kappa shape index (κ3) is 3.29. The number of nitrogens with one attached hydrogen (secondary N) is 1. The van der Waals surface area contributed by atoms with Gasteiger partial charge in [-0.25, -0.2) is 0 Å². The van der Waals surface area contributed by atoms with E-state index in [9.17, 15) is 9.59 Å². The lowest BCUT2D eigenvalue weighted by Crippen LogP contribution is -2.25. The summed E-state index contributed by atoms with van der Waals surface area (Å²) >= 11 is 6.26. The molecule has 0 unspecified atom stereocenters. The van der Waals surface area contributed by atoms with E-state index in [0.717, 1.165) is 0 Å². The number of rotatable bonds is 6. The average molecular weight is 351 g/mol. The van der Waals surface area contributed by atoms with Gasteiger partial charge in [-0.1, -0.05) is 22.8 Å². The maximum atomic E-state index is 12.1. The first-order valence-corrected chi connectivity index (χ1v) is 7.38. The lowest BCUT2D eigenvalue weighted by molar-refractivity contribution is -0.154. The number of methoxy groups -OCH3 is 2. The lowest BCUT2D eigenvalue weighted by Gasteiger charge is -2.13. The molecule has 0 bridgehead atoms. The smallest absolute Gasteiger partial charge is 0.326 e. The zero-order valence-electron chi connectivity index (χ0n) is 13.1. The van der Waals surface area contributed by atoms with Crippen LogP contribution in [0.1, 0.15) is 17.2 Å². The van der Waals surface area contributed by atoms with Crippen LogP contribution < -0.4 is 0 Å². The third-order valence-corrected chi connectivity index (χ3v) is 3.91. The van der Waals surface area contributed by atoms with Crippen molar-refractivity contribution in [1.82, 2.24) is 4.98 Å². The molecule has 2 aromatic rings. The Morgan fingerprint density at radius 3 is 2.58 bits per heavy atom. The van der Waals surface area contributed by atoms with E-state index in [1.54, 1.807) is 18.2 Å². The second kappa shape index (κ2) is 7.72. The Morgan fingerprint density at radius 2 is 2.00 bits per heavy atom. The number of fused-ring (bicyclic) bond motifs is 1. The summed E-state index contributed by atoms with van der Waals surface area (Å²) in [6.45, 7) is 0.150. The van der Waals surface area contributed by atoms with Crippen LogP contribution in [0.15, 0.2) is 23.3 Å². The second-order valence-corrected chi connectivity index (χ2v) is 5.27. The molecule has 1 N–H and O–H groups in total. The van der Waals surface area contributed by atoms with Gasteiger partial charge in [-0.15, -0.1) is 0 Å². The van der Waals surface area contributed by atoms with Crippen LogP contribution in [0.3, 0.4) is 0 Å². The van der Waals surface area contributed by atoms with Crippen molar-refractivity contribution in [1.29, 1.82) is 0 Å². The van der Waals surface area contributed by atoms with Crippen molar-refractivity contribution in [3.8, 4) is 0 Å². The van der Waals surface area contributed by atoms with E-state index >= 15 is 0 Å². The molecule has 0 saturated heterocycles. The van der Waals surface area contributed by atoms with Gasteiger partial charge in [0, 0.05) is 28.1 Å². The first kappa shape index (κ1) is 17.7. The van der Waals surface area contributed by atoms with Crippen molar-refractivity contribution in [2.45, 2.75) is 12.3 Å². The number of halogens is 1. The van der Waals surface area contributed by atoms with Crippen molar-refractivity contribution in [2.24, 2.45) is 5.11 Å². The maximum absolute atomic E-state index is 12.1. The van der Waals surface area contributed by atoms with Crippen molar-refractivity contribution in [3.05, 3.63) is 44.9 Å². The van der Waals surface area contributed by atoms with E-state index in [0.29, 0.717) is 33.6 Å². The summed E-state index contributed by atoms with van der Waals surface area (Å²) < 4.78 is 9.44.